The quantitative estimate of drug-likeness (QED) is 0.479. The zero-order chi connectivity index (χ0) is 18.8. The lowest BCUT2D eigenvalue weighted by Crippen LogP contribution is -2.19. The van der Waals surface area contributed by atoms with E-state index >= 15 is 0 Å². The number of hydrogen-bond acceptors (Lipinski definition) is 2. The number of benzene rings is 2. The normalized spacial score (nSPS) is 14.5. The molecule has 138 valence electrons. The fraction of sp³-hybridized carbons (Fsp3) is 0.273. The van der Waals surface area contributed by atoms with Crippen molar-refractivity contribution in [3.8, 4) is 0 Å². The minimum Gasteiger partial charge on any atom is -0.347 e. The maximum absolute atomic E-state index is 6.23. The third-order valence-electron chi connectivity index (χ3n) is 4.84. The highest BCUT2D eigenvalue weighted by molar-refractivity contribution is 6.31. The smallest absolute Gasteiger partial charge is 0.132 e. The Balaban J connectivity index is 1.70. The Morgan fingerprint density at radius 2 is 2.19 bits per heavy atom. The van der Waals surface area contributed by atoms with E-state index in [1.54, 1.807) is 6.20 Å². The average Bonchev–Trinajstić information content (AvgIpc) is 3.41. The minimum atomic E-state index is 0.503. The van der Waals surface area contributed by atoms with Gasteiger partial charge in [-0.15, -0.1) is 0 Å². The van der Waals surface area contributed by atoms with E-state index in [0.29, 0.717) is 6.54 Å². The van der Waals surface area contributed by atoms with Gasteiger partial charge in [-0.1, -0.05) is 41.9 Å². The van der Waals surface area contributed by atoms with E-state index in [0.717, 1.165) is 45.7 Å². The van der Waals surface area contributed by atoms with Crippen molar-refractivity contribution in [1.82, 2.24) is 14.9 Å². The molecule has 0 bridgehead atoms. The summed E-state index contributed by atoms with van der Waals surface area (Å²) in [5.41, 5.74) is 4.30. The lowest BCUT2D eigenvalue weighted by atomic mass is 10.1. The second kappa shape index (κ2) is 7.57. The van der Waals surface area contributed by atoms with E-state index in [2.05, 4.69) is 41.6 Å². The second-order valence-electron chi connectivity index (χ2n) is 7.10. The summed E-state index contributed by atoms with van der Waals surface area (Å²) < 4.78 is 2.28. The molecule has 3 aromatic rings. The largest absolute Gasteiger partial charge is 0.347 e. The number of fused-ring (bicyclic) bond motifs is 1. The van der Waals surface area contributed by atoms with E-state index in [1.807, 2.05) is 24.3 Å². The van der Waals surface area contributed by atoms with Gasteiger partial charge in [-0.2, -0.15) is 0 Å². The number of nitrogens with one attached hydrogen (secondary N) is 1. The van der Waals surface area contributed by atoms with Crippen LogP contribution in [0.2, 0.25) is 5.02 Å². The van der Waals surface area contributed by atoms with Gasteiger partial charge in [0.25, 0.3) is 0 Å². The van der Waals surface area contributed by atoms with Crippen LogP contribution in [0.1, 0.15) is 29.8 Å². The Hall–Kier alpha value is -2.59. The summed E-state index contributed by atoms with van der Waals surface area (Å²) in [6.07, 6.45) is 4.24. The zero-order valence-electron chi connectivity index (χ0n) is 15.5. The lowest BCUT2D eigenvalue weighted by molar-refractivity contribution is 0.611. The molecule has 4 nitrogen and oxygen atoms in total. The summed E-state index contributed by atoms with van der Waals surface area (Å²) in [6, 6.07) is 14.2. The number of aliphatic imine (C=N–C) groups is 1. The molecule has 0 aliphatic heterocycles. The van der Waals surface area contributed by atoms with E-state index in [1.165, 1.54) is 18.4 Å². The van der Waals surface area contributed by atoms with E-state index in [4.69, 9.17) is 21.6 Å². The fourth-order valence-electron chi connectivity index (χ4n) is 3.29. The first-order valence-corrected chi connectivity index (χ1v) is 9.65. The van der Waals surface area contributed by atoms with Crippen LogP contribution in [0, 0.1) is 12.8 Å². The van der Waals surface area contributed by atoms with Gasteiger partial charge in [-0.05, 0) is 56.1 Å². The second-order valence-corrected chi connectivity index (χ2v) is 7.53. The Labute approximate surface area is 164 Å². The Bertz CT molecular complexity index is 1010. The third kappa shape index (κ3) is 4.06. The molecule has 5 heteroatoms. The number of hydrogen-bond donors (Lipinski definition) is 1. The molecule has 1 saturated carbocycles. The van der Waals surface area contributed by atoms with Crippen LogP contribution in [0.15, 0.2) is 60.2 Å². The van der Waals surface area contributed by atoms with Crippen LogP contribution in [0.25, 0.3) is 11.0 Å². The van der Waals surface area contributed by atoms with E-state index in [-0.39, 0.29) is 0 Å². The summed E-state index contributed by atoms with van der Waals surface area (Å²) in [5, 5.41) is 3.91. The molecular weight excluding hydrogens is 356 g/mol. The topological polar surface area (TPSA) is 42.2 Å². The maximum Gasteiger partial charge on any atom is 0.132 e. The number of aromatic nitrogens is 2. The Kier molecular flexibility index (Phi) is 4.99. The van der Waals surface area contributed by atoms with Crippen LogP contribution < -0.4 is 5.32 Å². The highest BCUT2D eigenvalue weighted by Crippen LogP contribution is 2.33. The molecule has 0 amide bonds. The van der Waals surface area contributed by atoms with Crippen molar-refractivity contribution in [3.63, 3.8) is 0 Å². The van der Waals surface area contributed by atoms with Crippen molar-refractivity contribution < 1.29 is 0 Å². The molecule has 2 aromatic carbocycles. The van der Waals surface area contributed by atoms with Crippen molar-refractivity contribution in [1.29, 1.82) is 0 Å². The molecule has 1 fully saturated rings. The van der Waals surface area contributed by atoms with Crippen molar-refractivity contribution in [2.75, 3.05) is 0 Å². The molecule has 0 unspecified atom stereocenters. The maximum atomic E-state index is 6.23. The third-order valence-corrected chi connectivity index (χ3v) is 5.07. The minimum absolute atomic E-state index is 0.503. The summed E-state index contributed by atoms with van der Waals surface area (Å²) in [4.78, 5) is 9.64. The first kappa shape index (κ1) is 17.8. The number of imidazole rings is 1. The molecule has 0 atom stereocenters. The van der Waals surface area contributed by atoms with Gasteiger partial charge in [0, 0.05) is 17.1 Å². The molecule has 1 aliphatic rings. The van der Waals surface area contributed by atoms with Crippen LogP contribution >= 0.6 is 11.6 Å². The van der Waals surface area contributed by atoms with Crippen LogP contribution in [0.3, 0.4) is 0 Å². The zero-order valence-corrected chi connectivity index (χ0v) is 16.2. The predicted molar refractivity (Wildman–Crippen MR) is 112 cm³/mol. The van der Waals surface area contributed by atoms with Gasteiger partial charge in [0.15, 0.2) is 0 Å². The summed E-state index contributed by atoms with van der Waals surface area (Å²) in [5.74, 6) is 2.51. The number of nitrogens with zero attached hydrogens (tertiary/aromatic N) is 3. The molecule has 27 heavy (non-hydrogen) atoms. The molecule has 0 saturated heterocycles. The van der Waals surface area contributed by atoms with Crippen LogP contribution in [0.5, 0.6) is 0 Å². The molecule has 1 heterocycles. The predicted octanol–water partition coefficient (Wildman–Crippen LogP) is 5.09. The molecular formula is C22H23ClN4. The highest BCUT2D eigenvalue weighted by atomic mass is 35.5. The van der Waals surface area contributed by atoms with E-state index < -0.39 is 0 Å². The molecule has 1 N–H and O–H groups in total. The molecule has 1 aliphatic carbocycles. The van der Waals surface area contributed by atoms with Crippen molar-refractivity contribution >= 4 is 28.5 Å². The molecule has 0 radical (unpaired) electrons. The highest BCUT2D eigenvalue weighted by Gasteiger charge is 2.24. The standard InChI is InChI=1S/C22H23ClN4/c1-3-24-22(17-6-4-5-15(2)11-17)25-13-21-26-19-10-9-18(23)12-20(19)27(21)14-16-7-8-16/h3-6,9-12,16H,1,7-8,13-14H2,2H3,(H,24,25). The van der Waals surface area contributed by atoms with Crippen molar-refractivity contribution in [2.24, 2.45) is 10.9 Å². The van der Waals surface area contributed by atoms with Crippen molar-refractivity contribution in [2.45, 2.75) is 32.9 Å². The van der Waals surface area contributed by atoms with Gasteiger partial charge in [0.2, 0.25) is 0 Å². The van der Waals surface area contributed by atoms with Gasteiger partial charge in [0.05, 0.1) is 17.6 Å². The van der Waals surface area contributed by atoms with Crippen molar-refractivity contribution in [3.05, 3.63) is 77.2 Å². The fourth-order valence-corrected chi connectivity index (χ4v) is 3.45. The summed E-state index contributed by atoms with van der Waals surface area (Å²) >= 11 is 6.23. The van der Waals surface area contributed by atoms with Gasteiger partial charge in [-0.3, -0.25) is 4.99 Å². The van der Waals surface area contributed by atoms with Crippen LogP contribution in [-0.2, 0) is 13.1 Å². The van der Waals surface area contributed by atoms with Gasteiger partial charge in [0.1, 0.15) is 11.7 Å². The monoisotopic (exact) mass is 378 g/mol. The first-order chi connectivity index (χ1) is 13.1. The number of aryl methyl sites for hydroxylation is 1. The van der Waals surface area contributed by atoms with E-state index in [9.17, 15) is 0 Å². The summed E-state index contributed by atoms with van der Waals surface area (Å²) in [6.45, 7) is 7.35. The van der Waals surface area contributed by atoms with Gasteiger partial charge < -0.3 is 9.88 Å². The SMILES string of the molecule is C=CNC(=NCc1nc2ccc(Cl)cc2n1CC1CC1)c1cccc(C)c1. The summed E-state index contributed by atoms with van der Waals surface area (Å²) in [7, 11) is 0. The molecule has 0 spiro atoms. The van der Waals surface area contributed by atoms with Crippen LogP contribution in [0.4, 0.5) is 0 Å². The molecule has 1 aromatic heterocycles. The average molecular weight is 379 g/mol. The molecule has 4 rings (SSSR count). The first-order valence-electron chi connectivity index (χ1n) is 9.27. The van der Waals surface area contributed by atoms with Gasteiger partial charge in [-0.25, -0.2) is 4.98 Å². The Morgan fingerprint density at radius 1 is 1.33 bits per heavy atom. The number of amidine groups is 1. The van der Waals surface area contributed by atoms with Crippen LogP contribution in [-0.4, -0.2) is 15.4 Å². The Morgan fingerprint density at radius 3 is 2.93 bits per heavy atom. The number of rotatable bonds is 6. The lowest BCUT2D eigenvalue weighted by Gasteiger charge is -2.10. The van der Waals surface area contributed by atoms with Gasteiger partial charge >= 0.3 is 0 Å². The number of halogens is 1.